The minimum absolute atomic E-state index is 0.0773. The Balaban J connectivity index is 2.12. The van der Waals surface area contributed by atoms with Gasteiger partial charge in [0, 0.05) is 15.9 Å². The summed E-state index contributed by atoms with van der Waals surface area (Å²) in [6.45, 7) is 2.03. The highest BCUT2D eigenvalue weighted by Gasteiger charge is 2.41. The summed E-state index contributed by atoms with van der Waals surface area (Å²) in [6.07, 6.45) is 1.70. The smallest absolute Gasteiger partial charge is 0.327 e. The molecule has 2 N–H and O–H groups in total. The Morgan fingerprint density at radius 1 is 1.43 bits per heavy atom. The molecule has 1 aromatic rings. The van der Waals surface area contributed by atoms with Crippen LogP contribution in [0, 0.1) is 0 Å². The van der Waals surface area contributed by atoms with Crippen molar-refractivity contribution < 1.29 is 14.7 Å². The fourth-order valence-electron chi connectivity index (χ4n) is 2.22. The number of benzene rings is 1. The summed E-state index contributed by atoms with van der Waals surface area (Å²) in [5.74, 6) is -0.514. The van der Waals surface area contributed by atoms with Gasteiger partial charge in [-0.3, -0.25) is 4.90 Å². The zero-order valence-corrected chi connectivity index (χ0v) is 14.0. The van der Waals surface area contributed by atoms with Gasteiger partial charge < -0.3 is 10.4 Å². The summed E-state index contributed by atoms with van der Waals surface area (Å²) >= 11 is 4.86. The van der Waals surface area contributed by atoms with Gasteiger partial charge in [-0.1, -0.05) is 29.3 Å². The molecule has 0 spiro atoms. The third-order valence-electron chi connectivity index (χ3n) is 3.24. The maximum absolute atomic E-state index is 12.4. The first-order valence-corrected chi connectivity index (χ1v) is 8.56. The Morgan fingerprint density at radius 2 is 2.10 bits per heavy atom. The second kappa shape index (κ2) is 7.17. The number of nitrogens with one attached hydrogen (secondary N) is 1. The van der Waals surface area contributed by atoms with E-state index in [-0.39, 0.29) is 11.4 Å². The highest BCUT2D eigenvalue weighted by Crippen LogP contribution is 2.32. The van der Waals surface area contributed by atoms with Gasteiger partial charge in [0.2, 0.25) is 0 Å². The van der Waals surface area contributed by atoms with Crippen LogP contribution >= 0.6 is 27.7 Å². The molecule has 5 nitrogen and oxygen atoms in total. The average Bonchev–Trinajstić information content (AvgIpc) is 2.86. The molecule has 0 bridgehead atoms. The van der Waals surface area contributed by atoms with Crippen LogP contribution in [-0.2, 0) is 4.79 Å². The third-order valence-corrected chi connectivity index (χ3v) is 5.13. The van der Waals surface area contributed by atoms with Crippen LogP contribution in [-0.4, -0.2) is 39.2 Å². The third kappa shape index (κ3) is 3.91. The first-order valence-electron chi connectivity index (χ1n) is 6.72. The lowest BCUT2D eigenvalue weighted by atomic mass is 10.2. The number of anilines is 1. The summed E-state index contributed by atoms with van der Waals surface area (Å²) < 4.78 is 0.921. The van der Waals surface area contributed by atoms with E-state index in [1.165, 1.54) is 16.7 Å². The molecule has 1 heterocycles. The molecule has 114 valence electrons. The molecule has 0 radical (unpaired) electrons. The van der Waals surface area contributed by atoms with Crippen LogP contribution in [0.15, 0.2) is 28.7 Å². The van der Waals surface area contributed by atoms with Crippen LogP contribution in [0.4, 0.5) is 10.5 Å². The van der Waals surface area contributed by atoms with E-state index in [9.17, 15) is 14.7 Å². The number of halogens is 1. The standard InChI is InChI=1S/C14H17BrN2O3S/c1-2-3-12-17(11(8-21-12)13(18)19)14(20)16-10-6-4-9(15)5-7-10/h4-7,11-12H,2-3,8H2,1H3,(H,16,20)(H,18,19). The average molecular weight is 373 g/mol. The van der Waals surface area contributed by atoms with Crippen molar-refractivity contribution in [1.29, 1.82) is 0 Å². The van der Waals surface area contributed by atoms with Gasteiger partial charge in [-0.2, -0.15) is 0 Å². The number of hydrogen-bond acceptors (Lipinski definition) is 3. The fourth-order valence-corrected chi connectivity index (χ4v) is 3.99. The normalized spacial score (nSPS) is 21.3. The molecule has 0 aliphatic carbocycles. The molecule has 1 aliphatic heterocycles. The molecule has 7 heteroatoms. The number of carbonyl (C=O) groups excluding carboxylic acids is 1. The molecule has 2 rings (SSSR count). The number of rotatable bonds is 4. The van der Waals surface area contributed by atoms with E-state index < -0.39 is 12.0 Å². The first kappa shape index (κ1) is 16.2. The molecule has 0 aromatic heterocycles. The Hall–Kier alpha value is -1.21. The van der Waals surface area contributed by atoms with Crippen molar-refractivity contribution in [1.82, 2.24) is 4.90 Å². The minimum Gasteiger partial charge on any atom is -0.480 e. The number of carboxylic acid groups (broad SMARTS) is 1. The van der Waals surface area contributed by atoms with Gasteiger partial charge in [-0.25, -0.2) is 9.59 Å². The number of thioether (sulfide) groups is 1. The molecule has 0 saturated carbocycles. The number of hydrogen-bond donors (Lipinski definition) is 2. The summed E-state index contributed by atoms with van der Waals surface area (Å²) in [5, 5.41) is 12.0. The Kier molecular flexibility index (Phi) is 5.52. The number of carboxylic acids is 1. The number of nitrogens with zero attached hydrogens (tertiary/aromatic N) is 1. The lowest BCUT2D eigenvalue weighted by Crippen LogP contribution is -2.47. The molecule has 1 aliphatic rings. The second-order valence-electron chi connectivity index (χ2n) is 4.78. The molecule has 2 amide bonds. The lowest BCUT2D eigenvalue weighted by Gasteiger charge is -2.27. The lowest BCUT2D eigenvalue weighted by molar-refractivity contribution is -0.141. The quantitative estimate of drug-likeness (QED) is 0.846. The predicted octanol–water partition coefficient (Wildman–Crippen LogP) is 3.61. The Labute approximate surface area is 136 Å². The summed E-state index contributed by atoms with van der Waals surface area (Å²) in [6, 6.07) is 6.08. The van der Waals surface area contributed by atoms with Crippen molar-refractivity contribution in [2.75, 3.05) is 11.1 Å². The molecule has 2 atom stereocenters. The van der Waals surface area contributed by atoms with Crippen LogP contribution in [0.1, 0.15) is 19.8 Å². The SMILES string of the molecule is CCCC1SCC(C(=O)O)N1C(=O)Nc1ccc(Br)cc1. The van der Waals surface area contributed by atoms with Gasteiger partial charge in [0.25, 0.3) is 0 Å². The number of amides is 2. The van der Waals surface area contributed by atoms with E-state index in [4.69, 9.17) is 0 Å². The zero-order valence-electron chi connectivity index (χ0n) is 11.6. The maximum Gasteiger partial charge on any atom is 0.327 e. The molecule has 2 unspecified atom stereocenters. The van der Waals surface area contributed by atoms with Crippen LogP contribution in [0.2, 0.25) is 0 Å². The van der Waals surface area contributed by atoms with E-state index in [1.54, 1.807) is 12.1 Å². The molecule has 21 heavy (non-hydrogen) atoms. The van der Waals surface area contributed by atoms with Crippen LogP contribution in [0.3, 0.4) is 0 Å². The fraction of sp³-hybridized carbons (Fsp3) is 0.429. The van der Waals surface area contributed by atoms with Crippen LogP contribution in [0.25, 0.3) is 0 Å². The summed E-state index contributed by atoms with van der Waals surface area (Å²) in [5.41, 5.74) is 0.652. The zero-order chi connectivity index (χ0) is 15.4. The number of carbonyl (C=O) groups is 2. The van der Waals surface area contributed by atoms with Gasteiger partial charge in [0.1, 0.15) is 6.04 Å². The molecular formula is C14H17BrN2O3S. The number of urea groups is 1. The Bertz CT molecular complexity index is 523. The predicted molar refractivity (Wildman–Crippen MR) is 87.6 cm³/mol. The van der Waals surface area contributed by atoms with E-state index in [1.807, 2.05) is 19.1 Å². The second-order valence-corrected chi connectivity index (χ2v) is 6.90. The number of aliphatic carboxylic acids is 1. The van der Waals surface area contributed by atoms with Gasteiger partial charge >= 0.3 is 12.0 Å². The first-order chi connectivity index (χ1) is 10.0. The van der Waals surface area contributed by atoms with Gasteiger partial charge in [0.15, 0.2) is 0 Å². The van der Waals surface area contributed by atoms with Crippen LogP contribution in [0.5, 0.6) is 0 Å². The summed E-state index contributed by atoms with van der Waals surface area (Å²) in [4.78, 5) is 25.2. The molecular weight excluding hydrogens is 356 g/mol. The van der Waals surface area contributed by atoms with E-state index >= 15 is 0 Å². The monoisotopic (exact) mass is 372 g/mol. The molecule has 1 aromatic carbocycles. The van der Waals surface area contributed by atoms with Crippen molar-refractivity contribution in [3.63, 3.8) is 0 Å². The highest BCUT2D eigenvalue weighted by molar-refractivity contribution is 9.10. The largest absolute Gasteiger partial charge is 0.480 e. The van der Waals surface area contributed by atoms with Crippen molar-refractivity contribution in [2.24, 2.45) is 0 Å². The van der Waals surface area contributed by atoms with Gasteiger partial charge in [-0.15, -0.1) is 11.8 Å². The van der Waals surface area contributed by atoms with Crippen molar-refractivity contribution in [3.05, 3.63) is 28.7 Å². The summed E-state index contributed by atoms with van der Waals surface area (Å²) in [7, 11) is 0. The van der Waals surface area contributed by atoms with Gasteiger partial charge in [-0.05, 0) is 30.7 Å². The maximum atomic E-state index is 12.4. The van der Waals surface area contributed by atoms with Crippen molar-refractivity contribution in [2.45, 2.75) is 31.2 Å². The topological polar surface area (TPSA) is 69.6 Å². The minimum atomic E-state index is -0.952. The van der Waals surface area contributed by atoms with Crippen LogP contribution < -0.4 is 5.32 Å². The highest BCUT2D eigenvalue weighted by atomic mass is 79.9. The van der Waals surface area contributed by atoms with Crippen molar-refractivity contribution >= 4 is 45.4 Å². The van der Waals surface area contributed by atoms with E-state index in [2.05, 4.69) is 21.2 Å². The van der Waals surface area contributed by atoms with E-state index in [0.29, 0.717) is 11.4 Å². The molecule has 1 saturated heterocycles. The molecule has 1 fully saturated rings. The Morgan fingerprint density at radius 3 is 2.67 bits per heavy atom. The van der Waals surface area contributed by atoms with E-state index in [0.717, 1.165) is 17.3 Å². The van der Waals surface area contributed by atoms with Crippen molar-refractivity contribution in [3.8, 4) is 0 Å². The van der Waals surface area contributed by atoms with Gasteiger partial charge in [0.05, 0.1) is 5.37 Å².